The van der Waals surface area contributed by atoms with Gasteiger partial charge in [0, 0.05) is 19.2 Å². The Hall–Kier alpha value is -3.64. The molecule has 0 bridgehead atoms. The van der Waals surface area contributed by atoms with Gasteiger partial charge in [-0.25, -0.2) is 20.8 Å². The van der Waals surface area contributed by atoms with Crippen molar-refractivity contribution in [2.45, 2.75) is 46.8 Å². The monoisotopic (exact) mass is 512 g/mol. The highest BCUT2D eigenvalue weighted by Gasteiger charge is 2.15. The zero-order valence-electron chi connectivity index (χ0n) is 22.1. The molecule has 0 spiro atoms. The molecule has 0 aliphatic carbocycles. The molecule has 0 atom stereocenters. The van der Waals surface area contributed by atoms with Crippen LogP contribution in [0.15, 0.2) is 55.6 Å². The predicted octanol–water partition coefficient (Wildman–Crippen LogP) is 2.00. The fourth-order valence-corrected chi connectivity index (χ4v) is 3.17. The second-order valence-corrected chi connectivity index (χ2v) is 8.49. The van der Waals surface area contributed by atoms with Gasteiger partial charge >= 0.3 is 0 Å². The molecule has 2 rings (SSSR count). The number of amides is 2. The van der Waals surface area contributed by atoms with Crippen LogP contribution in [-0.2, 0) is 17.7 Å². The summed E-state index contributed by atoms with van der Waals surface area (Å²) in [6, 6.07) is 7.13. The number of hydrogen-bond acceptors (Lipinski definition) is 9. The van der Waals surface area contributed by atoms with E-state index in [1.807, 2.05) is 32.0 Å². The smallest absolute Gasteiger partial charge is 0.270 e. The number of hydrazine groups is 2. The summed E-state index contributed by atoms with van der Waals surface area (Å²) in [6.07, 6.45) is 3.20. The SMILES string of the molecule is C=C.CCc1cc(C(NN)NN)ccc1CNC(=O)c1cc(C(=O)NC/C(C)=C/OCC(C)C)ncn1. The molecular formula is C26H40N8O3. The van der Waals surface area contributed by atoms with Crippen LogP contribution in [0.3, 0.4) is 0 Å². The second-order valence-electron chi connectivity index (χ2n) is 8.49. The highest BCUT2D eigenvalue weighted by Crippen LogP contribution is 2.17. The number of carbonyl (C=O) groups is 2. The van der Waals surface area contributed by atoms with Gasteiger partial charge in [0.15, 0.2) is 0 Å². The van der Waals surface area contributed by atoms with Crippen molar-refractivity contribution < 1.29 is 14.3 Å². The standard InChI is InChI=1S/C24H36N8O3.C2H4/c1-5-17-8-18(22(31-25)32-26)6-7-19(17)11-28-24(34)21-9-20(29-14-30-21)23(33)27-10-16(4)13-35-12-15(2)3;1-2/h6-9,13-15,22,31-32H,5,10-12,25-26H2,1-4H3,(H,27,33)(H,28,34);1-2H2/b16-13+;. The predicted molar refractivity (Wildman–Crippen MR) is 145 cm³/mol. The number of nitrogens with one attached hydrogen (secondary N) is 4. The maximum atomic E-state index is 12.7. The minimum Gasteiger partial charge on any atom is -0.501 e. The summed E-state index contributed by atoms with van der Waals surface area (Å²) in [5.41, 5.74) is 9.13. The molecule has 1 heterocycles. The van der Waals surface area contributed by atoms with Crippen molar-refractivity contribution in [2.75, 3.05) is 13.2 Å². The molecule has 1 aromatic heterocycles. The first-order valence-electron chi connectivity index (χ1n) is 12.0. The summed E-state index contributed by atoms with van der Waals surface area (Å²) in [5.74, 6) is 10.6. The Kier molecular flexibility index (Phi) is 14.4. The van der Waals surface area contributed by atoms with Crippen molar-refractivity contribution in [3.05, 3.63) is 83.7 Å². The number of ether oxygens (including phenoxy) is 1. The van der Waals surface area contributed by atoms with Crippen LogP contribution < -0.4 is 33.2 Å². The van der Waals surface area contributed by atoms with Gasteiger partial charge in [-0.15, -0.1) is 13.2 Å². The lowest BCUT2D eigenvalue weighted by molar-refractivity contribution is 0.0945. The first kappa shape index (κ1) is 31.4. The fourth-order valence-electron chi connectivity index (χ4n) is 3.17. The normalized spacial score (nSPS) is 11.1. The van der Waals surface area contributed by atoms with E-state index in [-0.39, 0.29) is 17.6 Å². The number of nitrogens with zero attached hydrogens (tertiary/aromatic N) is 2. The molecule has 8 N–H and O–H groups in total. The average Bonchev–Trinajstić information content (AvgIpc) is 2.92. The summed E-state index contributed by atoms with van der Waals surface area (Å²) in [5, 5.41) is 5.61. The molecule has 0 fully saturated rings. The average molecular weight is 513 g/mol. The number of aryl methyl sites for hydroxylation is 1. The Balaban J connectivity index is 0.00000334. The Morgan fingerprint density at radius 1 is 1.03 bits per heavy atom. The first-order chi connectivity index (χ1) is 17.8. The minimum atomic E-state index is -0.407. The summed E-state index contributed by atoms with van der Waals surface area (Å²) in [6.45, 7) is 15.2. The van der Waals surface area contributed by atoms with Gasteiger partial charge in [0.05, 0.1) is 12.9 Å². The van der Waals surface area contributed by atoms with Gasteiger partial charge in [0.1, 0.15) is 23.9 Å². The van der Waals surface area contributed by atoms with Crippen molar-refractivity contribution in [3.63, 3.8) is 0 Å². The van der Waals surface area contributed by atoms with Crippen LogP contribution >= 0.6 is 0 Å². The van der Waals surface area contributed by atoms with Crippen LogP contribution in [0.2, 0.25) is 0 Å². The number of hydrogen-bond donors (Lipinski definition) is 6. The minimum absolute atomic E-state index is 0.104. The fraction of sp³-hybridized carbons (Fsp3) is 0.385. The molecule has 0 aliphatic rings. The van der Waals surface area contributed by atoms with Crippen molar-refractivity contribution in [2.24, 2.45) is 17.6 Å². The molecule has 0 unspecified atom stereocenters. The Labute approximate surface area is 219 Å². The summed E-state index contributed by atoms with van der Waals surface area (Å²) in [4.78, 5) is 33.2. The van der Waals surface area contributed by atoms with E-state index in [2.05, 4.69) is 58.5 Å². The maximum Gasteiger partial charge on any atom is 0.270 e. The van der Waals surface area contributed by atoms with Crippen molar-refractivity contribution in [1.29, 1.82) is 0 Å². The van der Waals surface area contributed by atoms with Crippen molar-refractivity contribution in [1.82, 2.24) is 31.5 Å². The molecule has 11 heteroatoms. The summed E-state index contributed by atoms with van der Waals surface area (Å²) < 4.78 is 5.45. The molecule has 2 amide bonds. The topological polar surface area (TPSA) is 169 Å². The molecule has 0 radical (unpaired) electrons. The molecule has 0 saturated heterocycles. The van der Waals surface area contributed by atoms with Gasteiger partial charge in [-0.3, -0.25) is 21.3 Å². The van der Waals surface area contributed by atoms with Crippen LogP contribution in [0.4, 0.5) is 0 Å². The molecular weight excluding hydrogens is 472 g/mol. The third kappa shape index (κ3) is 10.5. The van der Waals surface area contributed by atoms with Crippen LogP contribution in [0.25, 0.3) is 0 Å². The number of aromatic nitrogens is 2. The summed E-state index contributed by atoms with van der Waals surface area (Å²) >= 11 is 0. The number of nitrogens with two attached hydrogens (primary N) is 2. The molecule has 202 valence electrons. The van der Waals surface area contributed by atoms with Gasteiger partial charge in [0.2, 0.25) is 0 Å². The molecule has 11 nitrogen and oxygen atoms in total. The van der Waals surface area contributed by atoms with Crippen LogP contribution in [0, 0.1) is 5.92 Å². The maximum absolute atomic E-state index is 12.7. The number of benzene rings is 1. The lowest BCUT2D eigenvalue weighted by atomic mass is 10.0. The van der Waals surface area contributed by atoms with E-state index in [0.29, 0.717) is 25.6 Å². The van der Waals surface area contributed by atoms with Gasteiger partial charge in [-0.1, -0.05) is 39.0 Å². The van der Waals surface area contributed by atoms with Gasteiger partial charge in [-0.2, -0.15) is 0 Å². The van der Waals surface area contributed by atoms with E-state index in [0.717, 1.165) is 28.7 Å². The first-order valence-corrected chi connectivity index (χ1v) is 12.0. The largest absolute Gasteiger partial charge is 0.501 e. The van der Waals surface area contributed by atoms with Crippen molar-refractivity contribution in [3.8, 4) is 0 Å². The van der Waals surface area contributed by atoms with E-state index >= 15 is 0 Å². The Morgan fingerprint density at radius 2 is 1.65 bits per heavy atom. The molecule has 37 heavy (non-hydrogen) atoms. The van der Waals surface area contributed by atoms with E-state index in [4.69, 9.17) is 16.4 Å². The van der Waals surface area contributed by atoms with Gasteiger partial charge in [-0.05, 0) is 41.5 Å². The van der Waals surface area contributed by atoms with Gasteiger partial charge < -0.3 is 15.4 Å². The Morgan fingerprint density at radius 3 is 2.22 bits per heavy atom. The third-order valence-corrected chi connectivity index (χ3v) is 5.09. The second kappa shape index (κ2) is 16.9. The zero-order valence-corrected chi connectivity index (χ0v) is 22.1. The highest BCUT2D eigenvalue weighted by atomic mass is 16.5. The van der Waals surface area contributed by atoms with Crippen LogP contribution in [-0.4, -0.2) is 34.9 Å². The quantitative estimate of drug-likeness (QED) is 0.0772. The van der Waals surface area contributed by atoms with Gasteiger partial charge in [0.25, 0.3) is 11.8 Å². The summed E-state index contributed by atoms with van der Waals surface area (Å²) in [7, 11) is 0. The van der Waals surface area contributed by atoms with E-state index in [1.165, 1.54) is 12.4 Å². The number of carbonyl (C=O) groups excluding carboxylic acids is 2. The number of rotatable bonds is 13. The highest BCUT2D eigenvalue weighted by molar-refractivity contribution is 5.97. The Bertz CT molecular complexity index is 1040. The molecule has 0 aliphatic heterocycles. The lowest BCUT2D eigenvalue weighted by Crippen LogP contribution is -2.42. The van der Waals surface area contributed by atoms with E-state index in [9.17, 15) is 9.59 Å². The molecule has 0 saturated carbocycles. The van der Waals surface area contributed by atoms with Crippen LogP contribution in [0.5, 0.6) is 0 Å². The molecule has 1 aromatic carbocycles. The van der Waals surface area contributed by atoms with Crippen molar-refractivity contribution >= 4 is 11.8 Å². The van der Waals surface area contributed by atoms with Crippen LogP contribution in [0.1, 0.15) is 71.5 Å². The lowest BCUT2D eigenvalue weighted by Gasteiger charge is -2.18. The van der Waals surface area contributed by atoms with E-state index in [1.54, 1.807) is 6.26 Å². The molecule has 2 aromatic rings. The van der Waals surface area contributed by atoms with E-state index < -0.39 is 11.8 Å². The third-order valence-electron chi connectivity index (χ3n) is 5.09. The zero-order chi connectivity index (χ0) is 27.8.